The molecule has 0 aromatic carbocycles. The standard InChI is InChI=1S/C25H22N4.C12H12N2/c1-3-13-28-21(5-1)23-24(22-6-2-4-14-29-22)25(23,20-10-17-27-18-11-20)12-7-19-8-15-26-16-9-19;1(11-3-7-13-8-4-11)2-12-5-9-14-10-6-12/h1-6,8-11,13-18,23-24H,7,12H2;3-10H,1-2H2. The molecule has 6 aromatic heterocycles. The van der Waals surface area contributed by atoms with E-state index in [2.05, 4.69) is 92.7 Å². The highest BCUT2D eigenvalue weighted by molar-refractivity contribution is 5.50. The molecule has 6 heterocycles. The molecule has 6 nitrogen and oxygen atoms in total. The molecule has 2 unspecified atom stereocenters. The second-order valence-electron chi connectivity index (χ2n) is 10.8. The van der Waals surface area contributed by atoms with Crippen molar-refractivity contribution in [2.75, 3.05) is 0 Å². The molecule has 6 aromatic rings. The number of hydrogen-bond donors (Lipinski definition) is 0. The topological polar surface area (TPSA) is 77.3 Å². The monoisotopic (exact) mass is 562 g/mol. The van der Waals surface area contributed by atoms with Crippen molar-refractivity contribution in [2.45, 2.75) is 42.9 Å². The Hall–Kier alpha value is -5.10. The van der Waals surface area contributed by atoms with Crippen molar-refractivity contribution in [3.05, 3.63) is 181 Å². The minimum Gasteiger partial charge on any atom is -0.265 e. The molecule has 1 saturated carbocycles. The first-order valence-corrected chi connectivity index (χ1v) is 14.7. The van der Waals surface area contributed by atoms with Crippen LogP contribution < -0.4 is 0 Å². The first-order valence-electron chi connectivity index (χ1n) is 14.7. The van der Waals surface area contributed by atoms with E-state index in [4.69, 9.17) is 9.97 Å². The second kappa shape index (κ2) is 13.7. The van der Waals surface area contributed by atoms with Crippen LogP contribution in [-0.2, 0) is 24.7 Å². The highest BCUT2D eigenvalue weighted by Crippen LogP contribution is 2.72. The summed E-state index contributed by atoms with van der Waals surface area (Å²) in [6, 6.07) is 29.2. The van der Waals surface area contributed by atoms with Crippen LogP contribution in [0.4, 0.5) is 0 Å². The van der Waals surface area contributed by atoms with Gasteiger partial charge < -0.3 is 0 Å². The Morgan fingerprint density at radius 1 is 0.419 bits per heavy atom. The van der Waals surface area contributed by atoms with Crippen LogP contribution in [-0.4, -0.2) is 29.9 Å². The van der Waals surface area contributed by atoms with Crippen LogP contribution in [0.1, 0.15) is 51.9 Å². The van der Waals surface area contributed by atoms with Gasteiger partial charge in [0.2, 0.25) is 0 Å². The van der Waals surface area contributed by atoms with Crippen molar-refractivity contribution < 1.29 is 0 Å². The summed E-state index contributed by atoms with van der Waals surface area (Å²) in [6.07, 6.45) is 22.8. The zero-order valence-electron chi connectivity index (χ0n) is 24.0. The van der Waals surface area contributed by atoms with Crippen LogP contribution in [0.5, 0.6) is 0 Å². The van der Waals surface area contributed by atoms with Crippen molar-refractivity contribution in [2.24, 2.45) is 0 Å². The Morgan fingerprint density at radius 2 is 0.814 bits per heavy atom. The first-order chi connectivity index (χ1) is 21.3. The maximum Gasteiger partial charge on any atom is 0.0450 e. The maximum atomic E-state index is 4.74. The molecule has 6 heteroatoms. The normalized spacial score (nSPS) is 18.7. The highest BCUT2D eigenvalue weighted by Gasteiger charge is 2.67. The third kappa shape index (κ3) is 6.70. The Bertz CT molecular complexity index is 1570. The molecule has 1 aliphatic rings. The molecule has 0 radical (unpaired) electrons. The Kier molecular flexibility index (Phi) is 8.94. The third-order valence-electron chi connectivity index (χ3n) is 8.34. The predicted molar refractivity (Wildman–Crippen MR) is 168 cm³/mol. The SMILES string of the molecule is c1cc(CCc2ccncc2)ccn1.c1ccc(C2C(c3ccccn3)C2(CCc2ccncc2)c2ccncc2)nc1. The molecule has 1 fully saturated rings. The average molecular weight is 563 g/mol. The smallest absolute Gasteiger partial charge is 0.0450 e. The molecular weight excluding hydrogens is 528 g/mol. The van der Waals surface area contributed by atoms with Gasteiger partial charge in [-0.3, -0.25) is 29.9 Å². The maximum absolute atomic E-state index is 4.74. The number of aryl methyl sites for hydroxylation is 3. The quantitative estimate of drug-likeness (QED) is 0.189. The van der Waals surface area contributed by atoms with Crippen molar-refractivity contribution in [3.63, 3.8) is 0 Å². The highest BCUT2D eigenvalue weighted by atomic mass is 14.8. The summed E-state index contributed by atoms with van der Waals surface area (Å²) in [5.74, 6) is 0.589. The Balaban J connectivity index is 0.000000197. The summed E-state index contributed by atoms with van der Waals surface area (Å²) in [6.45, 7) is 0. The summed E-state index contributed by atoms with van der Waals surface area (Å²) >= 11 is 0. The van der Waals surface area contributed by atoms with E-state index in [0.29, 0.717) is 11.8 Å². The van der Waals surface area contributed by atoms with Crippen molar-refractivity contribution in [3.8, 4) is 0 Å². The Labute approximate surface area is 253 Å². The molecule has 0 N–H and O–H groups in total. The van der Waals surface area contributed by atoms with Crippen LogP contribution in [0.25, 0.3) is 0 Å². The molecule has 0 amide bonds. The molecule has 0 bridgehead atoms. The fraction of sp³-hybridized carbons (Fsp3) is 0.189. The zero-order chi connectivity index (χ0) is 29.2. The first kappa shape index (κ1) is 28.0. The molecule has 0 aliphatic heterocycles. The molecule has 0 saturated heterocycles. The van der Waals surface area contributed by atoms with Crippen LogP contribution in [0, 0.1) is 0 Å². The van der Waals surface area contributed by atoms with Gasteiger partial charge in [0.1, 0.15) is 0 Å². The number of hydrogen-bond acceptors (Lipinski definition) is 6. The van der Waals surface area contributed by atoms with Crippen molar-refractivity contribution in [1.82, 2.24) is 29.9 Å². The largest absolute Gasteiger partial charge is 0.265 e. The molecular formula is C37H34N6. The molecule has 2 atom stereocenters. The molecule has 1 aliphatic carbocycles. The van der Waals surface area contributed by atoms with E-state index in [1.54, 1.807) is 0 Å². The average Bonchev–Trinajstić information content (AvgIpc) is 3.79. The van der Waals surface area contributed by atoms with E-state index < -0.39 is 0 Å². The van der Waals surface area contributed by atoms with E-state index >= 15 is 0 Å². The van der Waals surface area contributed by atoms with Gasteiger partial charge in [-0.2, -0.15) is 0 Å². The van der Waals surface area contributed by atoms with Gasteiger partial charge in [-0.1, -0.05) is 12.1 Å². The number of pyridine rings is 6. The molecule has 0 spiro atoms. The fourth-order valence-corrected chi connectivity index (χ4v) is 6.19. The lowest BCUT2D eigenvalue weighted by Gasteiger charge is -2.19. The Morgan fingerprint density at radius 3 is 1.21 bits per heavy atom. The van der Waals surface area contributed by atoms with Crippen molar-refractivity contribution >= 4 is 0 Å². The summed E-state index contributed by atoms with van der Waals surface area (Å²) < 4.78 is 0. The van der Waals surface area contributed by atoms with Gasteiger partial charge in [-0.25, -0.2) is 0 Å². The lowest BCUT2D eigenvalue weighted by atomic mass is 9.85. The predicted octanol–water partition coefficient (Wildman–Crippen LogP) is 6.98. The lowest BCUT2D eigenvalue weighted by Crippen LogP contribution is -2.14. The van der Waals surface area contributed by atoms with E-state index in [0.717, 1.165) is 37.1 Å². The van der Waals surface area contributed by atoms with Gasteiger partial charge in [0.15, 0.2) is 0 Å². The van der Waals surface area contributed by atoms with Gasteiger partial charge in [-0.15, -0.1) is 0 Å². The van der Waals surface area contributed by atoms with Crippen LogP contribution in [0.15, 0.2) is 147 Å². The summed E-state index contributed by atoms with van der Waals surface area (Å²) in [4.78, 5) is 25.9. The number of aromatic nitrogens is 6. The molecule has 212 valence electrons. The number of nitrogens with zero attached hydrogens (tertiary/aromatic N) is 6. The van der Waals surface area contributed by atoms with Gasteiger partial charge in [0, 0.05) is 90.6 Å². The molecule has 7 rings (SSSR count). The van der Waals surface area contributed by atoms with Gasteiger partial charge in [-0.05, 0) is 121 Å². The minimum absolute atomic E-state index is 0.0467. The summed E-state index contributed by atoms with van der Waals surface area (Å²) in [7, 11) is 0. The zero-order valence-corrected chi connectivity index (χ0v) is 24.0. The second-order valence-corrected chi connectivity index (χ2v) is 10.8. The van der Waals surface area contributed by atoms with Crippen molar-refractivity contribution in [1.29, 1.82) is 0 Å². The van der Waals surface area contributed by atoms with E-state index in [9.17, 15) is 0 Å². The summed E-state index contributed by atoms with van der Waals surface area (Å²) in [5, 5.41) is 0. The van der Waals surface area contributed by atoms with E-state index in [1.165, 1.54) is 22.3 Å². The fourth-order valence-electron chi connectivity index (χ4n) is 6.19. The van der Waals surface area contributed by atoms with E-state index in [-0.39, 0.29) is 5.41 Å². The van der Waals surface area contributed by atoms with Gasteiger partial charge >= 0.3 is 0 Å². The summed E-state index contributed by atoms with van der Waals surface area (Å²) in [5.41, 5.74) is 7.50. The lowest BCUT2D eigenvalue weighted by molar-refractivity contribution is 0.577. The third-order valence-corrected chi connectivity index (χ3v) is 8.34. The molecule has 43 heavy (non-hydrogen) atoms. The van der Waals surface area contributed by atoms with Crippen LogP contribution >= 0.6 is 0 Å². The number of rotatable bonds is 9. The van der Waals surface area contributed by atoms with Gasteiger partial charge in [0.05, 0.1) is 0 Å². The van der Waals surface area contributed by atoms with Crippen LogP contribution in [0.3, 0.4) is 0 Å². The minimum atomic E-state index is -0.0467. The van der Waals surface area contributed by atoms with Crippen LogP contribution in [0.2, 0.25) is 0 Å². The van der Waals surface area contributed by atoms with Gasteiger partial charge in [0.25, 0.3) is 0 Å². The van der Waals surface area contributed by atoms with E-state index in [1.807, 2.05) is 74.1 Å².